The van der Waals surface area contributed by atoms with Gasteiger partial charge in [-0.25, -0.2) is 0 Å². The molecule has 0 saturated heterocycles. The lowest BCUT2D eigenvalue weighted by Gasteiger charge is -2.56. The molecule has 4 aliphatic rings. The lowest BCUT2D eigenvalue weighted by Crippen LogP contribution is -2.49. The number of fused-ring (bicyclic) bond motifs is 4. The number of rotatable bonds is 6. The van der Waals surface area contributed by atoms with E-state index in [2.05, 4.69) is 20.8 Å². The number of ether oxygens (including phenoxy) is 1. The number of esters is 1. The molecule has 33 heavy (non-hydrogen) atoms. The summed E-state index contributed by atoms with van der Waals surface area (Å²) in [6, 6.07) is 0. The molecule has 0 spiro atoms. The molecule has 0 radical (unpaired) electrons. The minimum absolute atomic E-state index is 0.0230. The van der Waals surface area contributed by atoms with Crippen molar-refractivity contribution >= 4 is 11.8 Å². The highest BCUT2D eigenvalue weighted by molar-refractivity contribution is 6.00. The summed E-state index contributed by atoms with van der Waals surface area (Å²) in [7, 11) is 0. The molecule has 0 amide bonds. The molecule has 1 N–H and O–H groups in total. The highest BCUT2D eigenvalue weighted by atomic mass is 16.5. The lowest BCUT2D eigenvalue weighted by atomic mass is 9.48. The molecule has 4 heteroatoms. The van der Waals surface area contributed by atoms with Gasteiger partial charge in [-0.1, -0.05) is 39.2 Å². The predicted octanol–water partition coefficient (Wildman–Crippen LogP) is 6.40. The van der Waals surface area contributed by atoms with Crippen LogP contribution < -0.4 is 0 Å². The minimum Gasteiger partial charge on any atom is -0.463 e. The zero-order valence-corrected chi connectivity index (χ0v) is 21.8. The van der Waals surface area contributed by atoms with Crippen molar-refractivity contribution in [3.63, 3.8) is 0 Å². The van der Waals surface area contributed by atoms with Crippen molar-refractivity contribution in [2.24, 2.45) is 34.5 Å². The first-order chi connectivity index (χ1) is 15.3. The predicted molar refractivity (Wildman–Crippen MR) is 131 cm³/mol. The number of hydrogen-bond donors (Lipinski definition) is 1. The Hall–Kier alpha value is -1.16. The third-order valence-electron chi connectivity index (χ3n) is 10.3. The number of Topliss-reactive ketones (excluding diaryl/α,β-unsaturated/α-hetero) is 1. The quantitative estimate of drug-likeness (QED) is 0.468. The number of allylic oxidation sites excluding steroid dienone is 2. The van der Waals surface area contributed by atoms with E-state index in [-0.39, 0.29) is 22.9 Å². The van der Waals surface area contributed by atoms with Crippen LogP contribution in [-0.2, 0) is 14.3 Å². The molecule has 4 nitrogen and oxygen atoms in total. The maximum Gasteiger partial charge on any atom is 0.302 e. The zero-order valence-electron chi connectivity index (χ0n) is 21.8. The fourth-order valence-electron chi connectivity index (χ4n) is 8.55. The van der Waals surface area contributed by atoms with E-state index in [1.54, 1.807) is 0 Å². The van der Waals surface area contributed by atoms with E-state index >= 15 is 0 Å². The molecule has 4 rings (SSSR count). The van der Waals surface area contributed by atoms with Crippen LogP contribution in [0.5, 0.6) is 0 Å². The van der Waals surface area contributed by atoms with Gasteiger partial charge in [-0.3, -0.25) is 9.59 Å². The van der Waals surface area contributed by atoms with E-state index in [1.807, 2.05) is 13.8 Å². The number of ketones is 1. The van der Waals surface area contributed by atoms with E-state index in [9.17, 15) is 14.7 Å². The van der Waals surface area contributed by atoms with E-state index in [1.165, 1.54) is 24.5 Å². The molecule has 186 valence electrons. The van der Waals surface area contributed by atoms with Crippen molar-refractivity contribution in [1.29, 1.82) is 0 Å². The van der Waals surface area contributed by atoms with Gasteiger partial charge in [-0.15, -0.1) is 0 Å². The van der Waals surface area contributed by atoms with Gasteiger partial charge in [0.05, 0.1) is 5.60 Å². The second-order valence-electron chi connectivity index (χ2n) is 13.1. The van der Waals surface area contributed by atoms with Crippen LogP contribution in [0.1, 0.15) is 112 Å². The average Bonchev–Trinajstić information content (AvgIpc) is 2.98. The van der Waals surface area contributed by atoms with Crippen molar-refractivity contribution in [3.8, 4) is 0 Å². The van der Waals surface area contributed by atoms with E-state index < -0.39 is 5.60 Å². The van der Waals surface area contributed by atoms with Crippen LogP contribution in [0, 0.1) is 34.5 Å². The normalized spacial score (nSPS) is 39.5. The van der Waals surface area contributed by atoms with Gasteiger partial charge in [0, 0.05) is 18.9 Å². The molecule has 0 aromatic rings. The molecule has 3 saturated carbocycles. The number of hydrogen-bond acceptors (Lipinski definition) is 4. The SMILES string of the molecule is CC(=O)O[C@H]1CC[C@@]2(C)[C@@H](CCC3=C4C(=O)C[C@H]([C@H](C)CCCC(C)(C)O)[C@@]4(C)CC[C@@H]32)C1. The molecule has 0 aromatic carbocycles. The molecule has 7 atom stereocenters. The number of carbonyl (C=O) groups is 2. The average molecular weight is 459 g/mol. The Morgan fingerprint density at radius 3 is 2.61 bits per heavy atom. The summed E-state index contributed by atoms with van der Waals surface area (Å²) in [4.78, 5) is 25.0. The molecule has 3 fully saturated rings. The van der Waals surface area contributed by atoms with Gasteiger partial charge >= 0.3 is 5.97 Å². The van der Waals surface area contributed by atoms with Crippen molar-refractivity contribution in [1.82, 2.24) is 0 Å². The molecular weight excluding hydrogens is 412 g/mol. The van der Waals surface area contributed by atoms with Gasteiger partial charge in [0.1, 0.15) is 6.10 Å². The van der Waals surface area contributed by atoms with E-state index in [0.717, 1.165) is 57.8 Å². The smallest absolute Gasteiger partial charge is 0.302 e. The van der Waals surface area contributed by atoms with Crippen LogP contribution in [-0.4, -0.2) is 28.6 Å². The first kappa shape index (κ1) is 24.9. The Morgan fingerprint density at radius 1 is 1.21 bits per heavy atom. The van der Waals surface area contributed by atoms with Gasteiger partial charge in [0.2, 0.25) is 0 Å². The van der Waals surface area contributed by atoms with Gasteiger partial charge < -0.3 is 9.84 Å². The fourth-order valence-corrected chi connectivity index (χ4v) is 8.55. The molecule has 0 aromatic heterocycles. The number of carbonyl (C=O) groups excluding carboxylic acids is 2. The Bertz CT molecular complexity index is 820. The van der Waals surface area contributed by atoms with Crippen LogP contribution in [0.4, 0.5) is 0 Å². The third kappa shape index (κ3) is 4.58. The summed E-state index contributed by atoms with van der Waals surface area (Å²) in [5.41, 5.74) is 2.37. The molecule has 0 bridgehead atoms. The summed E-state index contributed by atoms with van der Waals surface area (Å²) in [5, 5.41) is 10.1. The Labute approximate surface area is 200 Å². The first-order valence-corrected chi connectivity index (χ1v) is 13.5. The van der Waals surface area contributed by atoms with Crippen LogP contribution in [0.3, 0.4) is 0 Å². The van der Waals surface area contributed by atoms with Gasteiger partial charge in [-0.05, 0) is 99.7 Å². The minimum atomic E-state index is -0.608. The number of aliphatic hydroxyl groups is 1. The summed E-state index contributed by atoms with van der Waals surface area (Å²) in [5.74, 6) is 2.30. The highest BCUT2D eigenvalue weighted by Crippen LogP contribution is 2.65. The fraction of sp³-hybridized carbons (Fsp3) is 0.862. The van der Waals surface area contributed by atoms with Crippen molar-refractivity contribution in [3.05, 3.63) is 11.1 Å². The first-order valence-electron chi connectivity index (χ1n) is 13.5. The topological polar surface area (TPSA) is 63.6 Å². The maximum absolute atomic E-state index is 13.5. The molecular formula is C29H46O4. The highest BCUT2D eigenvalue weighted by Gasteiger charge is 2.58. The zero-order chi connectivity index (χ0) is 24.2. The Morgan fingerprint density at radius 2 is 1.94 bits per heavy atom. The van der Waals surface area contributed by atoms with Crippen LogP contribution in [0.25, 0.3) is 0 Å². The van der Waals surface area contributed by atoms with E-state index in [0.29, 0.717) is 35.9 Å². The lowest BCUT2D eigenvalue weighted by molar-refractivity contribution is -0.152. The van der Waals surface area contributed by atoms with Crippen molar-refractivity contribution < 1.29 is 19.4 Å². The largest absolute Gasteiger partial charge is 0.463 e. The standard InChI is InChI=1S/C29H46O4/c1-18(8-7-13-27(3,4)32)24-17-25(31)26-22-10-9-20-16-21(33-19(2)30)11-14-28(20,5)23(22)12-15-29(24,26)6/h18,20-21,23-24,32H,7-17H2,1-6H3/t18-,20+,21+,23+,24-,28+,29-/m1/s1. The van der Waals surface area contributed by atoms with Gasteiger partial charge in [0.25, 0.3) is 0 Å². The summed E-state index contributed by atoms with van der Waals surface area (Å²) < 4.78 is 5.60. The van der Waals surface area contributed by atoms with Crippen LogP contribution >= 0.6 is 0 Å². The van der Waals surface area contributed by atoms with Crippen molar-refractivity contribution in [2.45, 2.75) is 124 Å². The second-order valence-corrected chi connectivity index (χ2v) is 13.1. The molecule has 0 unspecified atom stereocenters. The Balaban J connectivity index is 1.54. The van der Waals surface area contributed by atoms with Crippen LogP contribution in [0.2, 0.25) is 0 Å². The summed E-state index contributed by atoms with van der Waals surface area (Å²) >= 11 is 0. The molecule has 0 aliphatic heterocycles. The Kier molecular flexibility index (Phi) is 6.66. The molecule has 4 aliphatic carbocycles. The summed E-state index contributed by atoms with van der Waals surface area (Å²) in [6.45, 7) is 12.5. The second kappa shape index (κ2) is 8.81. The monoisotopic (exact) mass is 458 g/mol. The molecule has 0 heterocycles. The summed E-state index contributed by atoms with van der Waals surface area (Å²) in [6.07, 6.45) is 11.2. The van der Waals surface area contributed by atoms with Crippen molar-refractivity contribution in [2.75, 3.05) is 0 Å². The van der Waals surface area contributed by atoms with Crippen LogP contribution in [0.15, 0.2) is 11.1 Å². The van der Waals surface area contributed by atoms with Gasteiger partial charge in [0.15, 0.2) is 5.78 Å². The maximum atomic E-state index is 13.5. The van der Waals surface area contributed by atoms with Gasteiger partial charge in [-0.2, -0.15) is 0 Å². The van der Waals surface area contributed by atoms with E-state index in [4.69, 9.17) is 4.74 Å². The third-order valence-corrected chi connectivity index (χ3v) is 10.3.